The highest BCUT2D eigenvalue weighted by atomic mass is 16.6. The first-order chi connectivity index (χ1) is 10.0. The third-order valence-corrected chi connectivity index (χ3v) is 3.73. The van der Waals surface area contributed by atoms with Crippen molar-refractivity contribution in [3.05, 3.63) is 22.2 Å². The third-order valence-electron chi connectivity index (χ3n) is 3.73. The second-order valence-corrected chi connectivity index (χ2v) is 5.62. The number of nitrogens with zero attached hydrogens (tertiary/aromatic N) is 2. The Morgan fingerprint density at radius 3 is 2.33 bits per heavy atom. The Labute approximate surface area is 123 Å². The van der Waals surface area contributed by atoms with Crippen molar-refractivity contribution in [1.82, 2.24) is 5.32 Å². The summed E-state index contributed by atoms with van der Waals surface area (Å²) in [7, 11) is 0. The largest absolute Gasteiger partial charge is 0.486 e. The number of anilines is 1. The van der Waals surface area contributed by atoms with Gasteiger partial charge in [-0.05, 0) is 13.8 Å². The van der Waals surface area contributed by atoms with Crippen LogP contribution in [0.4, 0.5) is 11.4 Å². The van der Waals surface area contributed by atoms with E-state index in [0.29, 0.717) is 30.4 Å². The number of hydrogen-bond acceptors (Lipinski definition) is 6. The first-order valence-corrected chi connectivity index (χ1v) is 7.13. The maximum Gasteiger partial charge on any atom is 0.296 e. The molecule has 3 rings (SSSR count). The maximum absolute atomic E-state index is 11.4. The molecule has 2 unspecified atom stereocenters. The summed E-state index contributed by atoms with van der Waals surface area (Å²) in [6, 6.07) is 3.77. The summed E-state index contributed by atoms with van der Waals surface area (Å²) in [6.45, 7) is 6.50. The molecule has 0 aliphatic carbocycles. The van der Waals surface area contributed by atoms with Gasteiger partial charge in [-0.1, -0.05) is 0 Å². The fourth-order valence-corrected chi connectivity index (χ4v) is 2.99. The van der Waals surface area contributed by atoms with Crippen LogP contribution < -0.4 is 19.7 Å². The lowest BCUT2D eigenvalue weighted by Gasteiger charge is -2.37. The highest BCUT2D eigenvalue weighted by Crippen LogP contribution is 2.41. The molecule has 0 bridgehead atoms. The summed E-state index contributed by atoms with van der Waals surface area (Å²) in [5.74, 6) is 1.04. The highest BCUT2D eigenvalue weighted by Gasteiger charge is 2.29. The minimum atomic E-state index is -0.356. The molecule has 0 aromatic heterocycles. The van der Waals surface area contributed by atoms with Crippen molar-refractivity contribution in [3.63, 3.8) is 0 Å². The first kappa shape index (κ1) is 13.9. The fraction of sp³-hybridized carbons (Fsp3) is 0.571. The Balaban J connectivity index is 2.01. The molecule has 1 saturated heterocycles. The predicted octanol–water partition coefficient (Wildman–Crippen LogP) is 1.55. The molecule has 1 aromatic rings. The van der Waals surface area contributed by atoms with Gasteiger partial charge in [-0.25, -0.2) is 0 Å². The van der Waals surface area contributed by atoms with Crippen LogP contribution in [-0.2, 0) is 0 Å². The zero-order chi connectivity index (χ0) is 15.0. The molecule has 2 atom stereocenters. The zero-order valence-electron chi connectivity index (χ0n) is 12.2. The first-order valence-electron chi connectivity index (χ1n) is 7.13. The lowest BCUT2D eigenvalue weighted by Crippen LogP contribution is -2.54. The number of hydrogen-bond donors (Lipinski definition) is 1. The van der Waals surface area contributed by atoms with Crippen molar-refractivity contribution >= 4 is 11.4 Å². The van der Waals surface area contributed by atoms with E-state index in [2.05, 4.69) is 19.2 Å². The summed E-state index contributed by atoms with van der Waals surface area (Å²) in [5.41, 5.74) is 0.671. The Morgan fingerprint density at radius 1 is 1.19 bits per heavy atom. The van der Waals surface area contributed by atoms with Gasteiger partial charge in [0.1, 0.15) is 18.9 Å². The van der Waals surface area contributed by atoms with Crippen LogP contribution in [0.5, 0.6) is 11.5 Å². The number of piperazine rings is 1. The monoisotopic (exact) mass is 293 g/mol. The molecule has 0 spiro atoms. The van der Waals surface area contributed by atoms with E-state index in [1.165, 1.54) is 6.07 Å². The van der Waals surface area contributed by atoms with E-state index < -0.39 is 0 Å². The van der Waals surface area contributed by atoms with Gasteiger partial charge in [0.25, 0.3) is 5.69 Å². The number of benzene rings is 1. The van der Waals surface area contributed by atoms with E-state index in [-0.39, 0.29) is 22.7 Å². The zero-order valence-corrected chi connectivity index (χ0v) is 12.2. The normalized spacial score (nSPS) is 24.8. The molecule has 2 heterocycles. The molecule has 0 amide bonds. The van der Waals surface area contributed by atoms with Crippen molar-refractivity contribution in [2.75, 3.05) is 31.2 Å². The van der Waals surface area contributed by atoms with Crippen molar-refractivity contribution < 1.29 is 14.4 Å². The second-order valence-electron chi connectivity index (χ2n) is 5.62. The molecular formula is C14H19N3O4. The van der Waals surface area contributed by atoms with Crippen LogP contribution in [0, 0.1) is 10.1 Å². The van der Waals surface area contributed by atoms with Crippen LogP contribution in [-0.4, -0.2) is 43.3 Å². The fourth-order valence-electron chi connectivity index (χ4n) is 2.99. The number of ether oxygens (including phenoxy) is 2. The Bertz CT molecular complexity index is 553. The molecule has 1 aromatic carbocycles. The van der Waals surface area contributed by atoms with Gasteiger partial charge in [0.2, 0.25) is 0 Å². The molecule has 7 nitrogen and oxygen atoms in total. The Morgan fingerprint density at radius 2 is 1.76 bits per heavy atom. The van der Waals surface area contributed by atoms with Crippen LogP contribution in [0.3, 0.4) is 0 Å². The SMILES string of the molecule is CC1CN(c2cc3c(cc2[N+](=O)[O-])OCCO3)CC(C)N1. The number of nitrogens with one attached hydrogen (secondary N) is 1. The van der Waals surface area contributed by atoms with Gasteiger partial charge < -0.3 is 19.7 Å². The molecule has 2 aliphatic rings. The number of fused-ring (bicyclic) bond motifs is 1. The number of nitro benzene ring substituents is 1. The smallest absolute Gasteiger partial charge is 0.296 e. The van der Waals surface area contributed by atoms with Gasteiger partial charge in [0, 0.05) is 31.2 Å². The van der Waals surface area contributed by atoms with Gasteiger partial charge >= 0.3 is 0 Å². The van der Waals surface area contributed by atoms with E-state index >= 15 is 0 Å². The molecule has 7 heteroatoms. The molecule has 114 valence electrons. The molecule has 1 fully saturated rings. The van der Waals surface area contributed by atoms with E-state index in [4.69, 9.17) is 9.47 Å². The van der Waals surface area contributed by atoms with Crippen molar-refractivity contribution in [1.29, 1.82) is 0 Å². The van der Waals surface area contributed by atoms with Crippen LogP contribution in [0.1, 0.15) is 13.8 Å². The van der Waals surface area contributed by atoms with E-state index in [1.807, 2.05) is 4.90 Å². The van der Waals surface area contributed by atoms with Gasteiger partial charge in [-0.3, -0.25) is 10.1 Å². The van der Waals surface area contributed by atoms with Crippen molar-refractivity contribution in [3.8, 4) is 11.5 Å². The van der Waals surface area contributed by atoms with Crippen molar-refractivity contribution in [2.24, 2.45) is 0 Å². The highest BCUT2D eigenvalue weighted by molar-refractivity contribution is 5.70. The standard InChI is InChI=1S/C14H19N3O4/c1-9-7-16(8-10(2)15-9)11-5-13-14(21-4-3-20-13)6-12(11)17(18)19/h5-6,9-10,15H,3-4,7-8H2,1-2H3. The second kappa shape index (κ2) is 5.40. The average molecular weight is 293 g/mol. The lowest BCUT2D eigenvalue weighted by atomic mass is 10.1. The Kier molecular flexibility index (Phi) is 3.59. The van der Waals surface area contributed by atoms with Gasteiger partial charge in [0.15, 0.2) is 11.5 Å². The Hall–Kier alpha value is -2.02. The molecule has 0 saturated carbocycles. The minimum Gasteiger partial charge on any atom is -0.486 e. The number of nitro groups is 1. The summed E-state index contributed by atoms with van der Waals surface area (Å²) in [5, 5.41) is 14.8. The molecule has 21 heavy (non-hydrogen) atoms. The molecule has 0 radical (unpaired) electrons. The van der Waals surface area contributed by atoms with Crippen LogP contribution in [0.2, 0.25) is 0 Å². The summed E-state index contributed by atoms with van der Waals surface area (Å²) in [4.78, 5) is 13.1. The lowest BCUT2D eigenvalue weighted by molar-refractivity contribution is -0.384. The molecule has 2 aliphatic heterocycles. The van der Waals surface area contributed by atoms with Crippen LogP contribution in [0.15, 0.2) is 12.1 Å². The minimum absolute atomic E-state index is 0.0700. The summed E-state index contributed by atoms with van der Waals surface area (Å²) < 4.78 is 11.0. The summed E-state index contributed by atoms with van der Waals surface area (Å²) >= 11 is 0. The van der Waals surface area contributed by atoms with Gasteiger partial charge in [0.05, 0.1) is 11.0 Å². The van der Waals surface area contributed by atoms with E-state index in [0.717, 1.165) is 13.1 Å². The van der Waals surface area contributed by atoms with Crippen LogP contribution >= 0.6 is 0 Å². The maximum atomic E-state index is 11.4. The quantitative estimate of drug-likeness (QED) is 0.658. The van der Waals surface area contributed by atoms with Crippen LogP contribution in [0.25, 0.3) is 0 Å². The van der Waals surface area contributed by atoms with Gasteiger partial charge in [-0.2, -0.15) is 0 Å². The van der Waals surface area contributed by atoms with Crippen molar-refractivity contribution in [2.45, 2.75) is 25.9 Å². The third kappa shape index (κ3) is 2.73. The molecule has 1 N–H and O–H groups in total. The van der Waals surface area contributed by atoms with E-state index in [9.17, 15) is 10.1 Å². The average Bonchev–Trinajstić information content (AvgIpc) is 2.44. The van der Waals surface area contributed by atoms with E-state index in [1.54, 1.807) is 6.07 Å². The number of rotatable bonds is 2. The van der Waals surface area contributed by atoms with Gasteiger partial charge in [-0.15, -0.1) is 0 Å². The predicted molar refractivity (Wildman–Crippen MR) is 78.4 cm³/mol. The molecular weight excluding hydrogens is 274 g/mol. The summed E-state index contributed by atoms with van der Waals surface area (Å²) in [6.07, 6.45) is 0. The topological polar surface area (TPSA) is 76.9 Å².